The van der Waals surface area contributed by atoms with E-state index < -0.39 is 6.10 Å². The summed E-state index contributed by atoms with van der Waals surface area (Å²) < 4.78 is 0. The molecule has 3 nitrogen and oxygen atoms in total. The fourth-order valence-electron chi connectivity index (χ4n) is 1.54. The zero-order valence-electron chi connectivity index (χ0n) is 9.77. The number of thiophene rings is 1. The van der Waals surface area contributed by atoms with Gasteiger partial charge in [0, 0.05) is 11.6 Å². The number of carbonyl (C=O) groups is 1. The van der Waals surface area contributed by atoms with Crippen molar-refractivity contribution in [1.29, 1.82) is 0 Å². The summed E-state index contributed by atoms with van der Waals surface area (Å²) in [6.07, 6.45) is -0.721. The molecule has 0 saturated heterocycles. The van der Waals surface area contributed by atoms with Crippen molar-refractivity contribution >= 4 is 40.4 Å². The highest BCUT2D eigenvalue weighted by atomic mass is 35.5. The summed E-state index contributed by atoms with van der Waals surface area (Å²) in [6, 6.07) is 6.47. The first-order chi connectivity index (χ1) is 9.08. The Morgan fingerprint density at radius 2 is 2.16 bits per heavy atom. The molecule has 0 aliphatic heterocycles. The van der Waals surface area contributed by atoms with Crippen LogP contribution in [0.1, 0.15) is 22.0 Å². The first kappa shape index (κ1) is 14.3. The molecule has 2 aromatic rings. The molecule has 1 atom stereocenters. The van der Waals surface area contributed by atoms with Crippen LogP contribution in [0.2, 0.25) is 10.0 Å². The molecule has 0 bridgehead atoms. The van der Waals surface area contributed by atoms with Gasteiger partial charge in [-0.15, -0.1) is 0 Å². The van der Waals surface area contributed by atoms with Crippen LogP contribution < -0.4 is 5.32 Å². The molecule has 1 unspecified atom stereocenters. The predicted octanol–water partition coefficient (Wildman–Crippen LogP) is 3.52. The van der Waals surface area contributed by atoms with Gasteiger partial charge in [0.05, 0.1) is 16.7 Å². The van der Waals surface area contributed by atoms with Crippen LogP contribution in [0.4, 0.5) is 0 Å². The second-order valence-electron chi connectivity index (χ2n) is 3.91. The number of benzene rings is 1. The quantitative estimate of drug-likeness (QED) is 0.907. The van der Waals surface area contributed by atoms with Crippen LogP contribution in [0.3, 0.4) is 0 Å². The van der Waals surface area contributed by atoms with Crippen molar-refractivity contribution in [2.24, 2.45) is 0 Å². The Bertz CT molecular complexity index is 572. The van der Waals surface area contributed by atoms with Gasteiger partial charge in [-0.1, -0.05) is 23.2 Å². The Hall–Kier alpha value is -1.07. The molecular formula is C13H11Cl2NO2S. The second kappa shape index (κ2) is 6.39. The zero-order valence-corrected chi connectivity index (χ0v) is 12.1. The topological polar surface area (TPSA) is 49.3 Å². The fraction of sp³-hybridized carbons (Fsp3) is 0.154. The highest BCUT2D eigenvalue weighted by molar-refractivity contribution is 7.07. The van der Waals surface area contributed by atoms with E-state index in [2.05, 4.69) is 5.32 Å². The van der Waals surface area contributed by atoms with E-state index in [-0.39, 0.29) is 17.5 Å². The Kier molecular flexibility index (Phi) is 4.82. The van der Waals surface area contributed by atoms with E-state index in [0.29, 0.717) is 10.6 Å². The van der Waals surface area contributed by atoms with Crippen LogP contribution in [-0.4, -0.2) is 17.6 Å². The molecule has 0 aliphatic carbocycles. The summed E-state index contributed by atoms with van der Waals surface area (Å²) in [5.74, 6) is -0.337. The third-order valence-electron chi connectivity index (χ3n) is 2.56. The molecule has 1 heterocycles. The van der Waals surface area contributed by atoms with Gasteiger partial charge in [0.2, 0.25) is 0 Å². The van der Waals surface area contributed by atoms with Gasteiger partial charge in [-0.25, -0.2) is 0 Å². The average molecular weight is 316 g/mol. The van der Waals surface area contributed by atoms with Crippen molar-refractivity contribution < 1.29 is 9.90 Å². The van der Waals surface area contributed by atoms with Crippen molar-refractivity contribution in [3.05, 3.63) is 56.2 Å². The lowest BCUT2D eigenvalue weighted by atomic mass is 10.2. The van der Waals surface area contributed by atoms with Crippen LogP contribution in [0, 0.1) is 0 Å². The molecule has 0 fully saturated rings. The standard InChI is InChI=1S/C13H11Cl2NO2S/c14-9-1-2-10(11(15)5-9)13(18)16-6-12(17)8-3-4-19-7-8/h1-5,7,12,17H,6H2,(H,16,18). The van der Waals surface area contributed by atoms with E-state index >= 15 is 0 Å². The molecule has 6 heteroatoms. The highest BCUT2D eigenvalue weighted by Gasteiger charge is 2.13. The van der Waals surface area contributed by atoms with Crippen LogP contribution in [0.5, 0.6) is 0 Å². The lowest BCUT2D eigenvalue weighted by molar-refractivity contribution is 0.0916. The summed E-state index contributed by atoms with van der Waals surface area (Å²) in [5, 5.41) is 17.0. The molecule has 2 rings (SSSR count). The van der Waals surface area contributed by atoms with Crippen molar-refractivity contribution in [1.82, 2.24) is 5.32 Å². The average Bonchev–Trinajstić information content (AvgIpc) is 2.89. The summed E-state index contributed by atoms with van der Waals surface area (Å²) in [7, 11) is 0. The van der Waals surface area contributed by atoms with Crippen molar-refractivity contribution in [2.75, 3.05) is 6.54 Å². The van der Waals surface area contributed by atoms with Gasteiger partial charge < -0.3 is 10.4 Å². The number of rotatable bonds is 4. The molecule has 2 N–H and O–H groups in total. The number of hydrogen-bond acceptors (Lipinski definition) is 3. The molecule has 0 aliphatic rings. The summed E-state index contributed by atoms with van der Waals surface area (Å²) in [4.78, 5) is 11.9. The number of carbonyl (C=O) groups excluding carboxylic acids is 1. The van der Waals surface area contributed by atoms with Gasteiger partial charge in [-0.05, 0) is 40.6 Å². The smallest absolute Gasteiger partial charge is 0.252 e. The molecule has 0 saturated carbocycles. The maximum atomic E-state index is 11.9. The molecule has 0 spiro atoms. The predicted molar refractivity (Wildman–Crippen MR) is 78.1 cm³/mol. The number of amides is 1. The lowest BCUT2D eigenvalue weighted by Crippen LogP contribution is -2.28. The normalized spacial score (nSPS) is 12.2. The van der Waals surface area contributed by atoms with Crippen LogP contribution in [0.15, 0.2) is 35.0 Å². The van der Waals surface area contributed by atoms with E-state index in [1.807, 2.05) is 16.8 Å². The Morgan fingerprint density at radius 3 is 2.79 bits per heavy atom. The van der Waals surface area contributed by atoms with Gasteiger partial charge in [0.15, 0.2) is 0 Å². The van der Waals surface area contributed by atoms with E-state index in [4.69, 9.17) is 23.2 Å². The fourth-order valence-corrected chi connectivity index (χ4v) is 2.74. The minimum absolute atomic E-state index is 0.133. The SMILES string of the molecule is O=C(NCC(O)c1ccsc1)c1ccc(Cl)cc1Cl. The first-order valence-electron chi connectivity index (χ1n) is 5.51. The molecule has 19 heavy (non-hydrogen) atoms. The van der Waals surface area contributed by atoms with Gasteiger partial charge >= 0.3 is 0 Å². The number of aliphatic hydroxyl groups excluding tert-OH is 1. The van der Waals surface area contributed by atoms with Gasteiger partial charge in [-0.3, -0.25) is 4.79 Å². The summed E-state index contributed by atoms with van der Waals surface area (Å²) in [6.45, 7) is 0.133. The third kappa shape index (κ3) is 3.70. The largest absolute Gasteiger partial charge is 0.387 e. The Balaban J connectivity index is 1.98. The second-order valence-corrected chi connectivity index (χ2v) is 5.53. The van der Waals surface area contributed by atoms with Crippen LogP contribution in [-0.2, 0) is 0 Å². The molecule has 0 radical (unpaired) electrons. The third-order valence-corrected chi connectivity index (χ3v) is 3.81. The van der Waals surface area contributed by atoms with Crippen molar-refractivity contribution in [3.63, 3.8) is 0 Å². The first-order valence-corrected chi connectivity index (χ1v) is 7.21. The maximum absolute atomic E-state index is 11.9. The van der Waals surface area contributed by atoms with Gasteiger partial charge in [-0.2, -0.15) is 11.3 Å². The van der Waals surface area contributed by atoms with E-state index in [1.165, 1.54) is 17.4 Å². The summed E-state index contributed by atoms with van der Waals surface area (Å²) in [5.41, 5.74) is 1.12. The van der Waals surface area contributed by atoms with Crippen LogP contribution >= 0.6 is 34.5 Å². The highest BCUT2D eigenvalue weighted by Crippen LogP contribution is 2.21. The minimum atomic E-state index is -0.721. The van der Waals surface area contributed by atoms with E-state index in [0.717, 1.165) is 5.56 Å². The molecule has 1 amide bonds. The van der Waals surface area contributed by atoms with Crippen molar-refractivity contribution in [3.8, 4) is 0 Å². The van der Waals surface area contributed by atoms with E-state index in [1.54, 1.807) is 12.1 Å². The number of halogens is 2. The number of nitrogens with one attached hydrogen (secondary N) is 1. The summed E-state index contributed by atoms with van der Waals surface area (Å²) >= 11 is 13.2. The zero-order chi connectivity index (χ0) is 13.8. The Morgan fingerprint density at radius 1 is 1.37 bits per heavy atom. The molecular weight excluding hydrogens is 305 g/mol. The van der Waals surface area contributed by atoms with Gasteiger partial charge in [0.25, 0.3) is 5.91 Å². The minimum Gasteiger partial charge on any atom is -0.387 e. The molecule has 100 valence electrons. The van der Waals surface area contributed by atoms with Crippen LogP contribution in [0.25, 0.3) is 0 Å². The molecule has 1 aromatic heterocycles. The van der Waals surface area contributed by atoms with E-state index in [9.17, 15) is 9.90 Å². The number of aliphatic hydroxyl groups is 1. The van der Waals surface area contributed by atoms with Gasteiger partial charge in [0.1, 0.15) is 0 Å². The number of hydrogen-bond donors (Lipinski definition) is 2. The molecule has 1 aromatic carbocycles. The maximum Gasteiger partial charge on any atom is 0.252 e. The monoisotopic (exact) mass is 315 g/mol. The lowest BCUT2D eigenvalue weighted by Gasteiger charge is -2.11. The van der Waals surface area contributed by atoms with Crippen molar-refractivity contribution in [2.45, 2.75) is 6.10 Å². The Labute approximate surface area is 124 Å².